The molecule has 1 fully saturated rings. The van der Waals surface area contributed by atoms with Gasteiger partial charge in [0.1, 0.15) is 11.5 Å². The Morgan fingerprint density at radius 2 is 1.97 bits per heavy atom. The molecule has 0 bridgehead atoms. The summed E-state index contributed by atoms with van der Waals surface area (Å²) < 4.78 is 10.9. The molecule has 29 heavy (non-hydrogen) atoms. The number of likely N-dealkylation sites (tertiary alicyclic amines) is 1. The van der Waals surface area contributed by atoms with Gasteiger partial charge in [0.25, 0.3) is 0 Å². The number of rotatable bonds is 4. The molecule has 0 aliphatic carbocycles. The number of pyridine rings is 1. The van der Waals surface area contributed by atoms with Crippen LogP contribution in [0.2, 0.25) is 0 Å². The molecular formula is C23H25N3O3. The highest BCUT2D eigenvalue weighted by atomic mass is 16.5. The van der Waals surface area contributed by atoms with Gasteiger partial charge in [-0.25, -0.2) is 4.79 Å². The molecule has 4 rings (SSSR count). The zero-order chi connectivity index (χ0) is 20.4. The maximum Gasteiger partial charge on any atom is 0.322 e. The lowest BCUT2D eigenvalue weighted by atomic mass is 10.0. The van der Waals surface area contributed by atoms with Crippen molar-refractivity contribution in [1.29, 1.82) is 0 Å². The number of aryl methyl sites for hydroxylation is 1. The van der Waals surface area contributed by atoms with Crippen LogP contribution in [-0.4, -0.2) is 36.7 Å². The van der Waals surface area contributed by atoms with Gasteiger partial charge in [0.05, 0.1) is 31.5 Å². The third-order valence-electron chi connectivity index (χ3n) is 5.40. The third-order valence-corrected chi connectivity index (χ3v) is 5.40. The fourth-order valence-electron chi connectivity index (χ4n) is 4.03. The summed E-state index contributed by atoms with van der Waals surface area (Å²) >= 11 is 0. The van der Waals surface area contributed by atoms with Crippen molar-refractivity contribution >= 4 is 22.6 Å². The molecule has 1 aromatic heterocycles. The number of carbonyl (C=O) groups is 1. The molecule has 150 valence electrons. The van der Waals surface area contributed by atoms with E-state index in [4.69, 9.17) is 9.47 Å². The highest BCUT2D eigenvalue weighted by molar-refractivity contribution is 6.00. The van der Waals surface area contributed by atoms with Crippen molar-refractivity contribution in [3.63, 3.8) is 0 Å². The zero-order valence-corrected chi connectivity index (χ0v) is 16.9. The Bertz CT molecular complexity index is 1050. The van der Waals surface area contributed by atoms with E-state index in [2.05, 4.69) is 10.3 Å². The van der Waals surface area contributed by atoms with Gasteiger partial charge in [-0.05, 0) is 50.1 Å². The van der Waals surface area contributed by atoms with Crippen molar-refractivity contribution in [2.75, 3.05) is 26.1 Å². The van der Waals surface area contributed by atoms with Crippen molar-refractivity contribution in [3.8, 4) is 11.5 Å². The first-order valence-electron chi connectivity index (χ1n) is 9.76. The quantitative estimate of drug-likeness (QED) is 0.685. The number of nitrogens with one attached hydrogen (secondary N) is 1. The Morgan fingerprint density at radius 3 is 2.76 bits per heavy atom. The highest BCUT2D eigenvalue weighted by Crippen LogP contribution is 2.39. The number of para-hydroxylation sites is 1. The molecule has 0 saturated carbocycles. The van der Waals surface area contributed by atoms with E-state index in [-0.39, 0.29) is 12.1 Å². The summed E-state index contributed by atoms with van der Waals surface area (Å²) in [5.41, 5.74) is 3.48. The van der Waals surface area contributed by atoms with E-state index in [0.717, 1.165) is 52.2 Å². The van der Waals surface area contributed by atoms with Crippen LogP contribution in [0.3, 0.4) is 0 Å². The predicted octanol–water partition coefficient (Wildman–Crippen LogP) is 4.93. The molecule has 1 atom stereocenters. The number of carbonyl (C=O) groups excluding carboxylic acids is 1. The van der Waals surface area contributed by atoms with Crippen LogP contribution in [0, 0.1) is 6.92 Å². The lowest BCUT2D eigenvalue weighted by Gasteiger charge is -2.27. The number of urea groups is 1. The second kappa shape index (κ2) is 7.99. The number of anilines is 1. The van der Waals surface area contributed by atoms with Crippen molar-refractivity contribution in [3.05, 3.63) is 59.8 Å². The van der Waals surface area contributed by atoms with Crippen LogP contribution in [0.25, 0.3) is 10.9 Å². The standard InChI is InChI=1S/C23H25N3O3/c1-15-13-20(17-7-4-5-8-19(17)24-15)25-23(27)26-12-6-9-21(26)18-14-16(28-2)10-11-22(18)29-3/h4-5,7-8,10-11,13-14,21H,6,9,12H2,1-3H3,(H,24,25,27). The molecule has 2 heterocycles. The fraction of sp³-hybridized carbons (Fsp3) is 0.304. The molecule has 1 saturated heterocycles. The first kappa shape index (κ1) is 19.1. The highest BCUT2D eigenvalue weighted by Gasteiger charge is 2.32. The minimum Gasteiger partial charge on any atom is -0.497 e. The number of ether oxygens (including phenoxy) is 2. The molecule has 1 N–H and O–H groups in total. The van der Waals surface area contributed by atoms with Gasteiger partial charge in [0.2, 0.25) is 0 Å². The second-order valence-electron chi connectivity index (χ2n) is 7.22. The van der Waals surface area contributed by atoms with Crippen LogP contribution in [0.15, 0.2) is 48.5 Å². The first-order valence-corrected chi connectivity index (χ1v) is 9.76. The fourth-order valence-corrected chi connectivity index (χ4v) is 4.03. The van der Waals surface area contributed by atoms with Crippen molar-refractivity contribution in [2.24, 2.45) is 0 Å². The van der Waals surface area contributed by atoms with Crippen LogP contribution in [-0.2, 0) is 0 Å². The topological polar surface area (TPSA) is 63.7 Å². The van der Waals surface area contributed by atoms with E-state index in [1.807, 2.05) is 60.4 Å². The number of amides is 2. The summed E-state index contributed by atoms with van der Waals surface area (Å²) in [5, 5.41) is 4.04. The molecule has 0 spiro atoms. The Labute approximate surface area is 170 Å². The van der Waals surface area contributed by atoms with Gasteiger partial charge in [-0.2, -0.15) is 0 Å². The average molecular weight is 391 g/mol. The summed E-state index contributed by atoms with van der Waals surface area (Å²) in [4.78, 5) is 19.7. The molecule has 0 radical (unpaired) electrons. The Balaban J connectivity index is 1.64. The summed E-state index contributed by atoms with van der Waals surface area (Å²) in [5.74, 6) is 1.52. The SMILES string of the molecule is COc1ccc(OC)c(C2CCCN2C(=O)Nc2cc(C)nc3ccccc23)c1. The van der Waals surface area contributed by atoms with Gasteiger partial charge in [-0.15, -0.1) is 0 Å². The van der Waals surface area contributed by atoms with Crippen LogP contribution in [0.1, 0.15) is 30.1 Å². The molecule has 2 amide bonds. The lowest BCUT2D eigenvalue weighted by Crippen LogP contribution is -2.34. The number of nitrogens with zero attached hydrogens (tertiary/aromatic N) is 2. The normalized spacial score (nSPS) is 16.1. The van der Waals surface area contributed by atoms with E-state index in [1.54, 1.807) is 14.2 Å². The predicted molar refractivity (Wildman–Crippen MR) is 114 cm³/mol. The summed E-state index contributed by atoms with van der Waals surface area (Å²) in [6.45, 7) is 2.63. The maximum atomic E-state index is 13.2. The number of hydrogen-bond donors (Lipinski definition) is 1. The average Bonchev–Trinajstić information content (AvgIpc) is 3.23. The van der Waals surface area contributed by atoms with Crippen LogP contribution in [0.5, 0.6) is 11.5 Å². The minimum absolute atomic E-state index is 0.0609. The molecule has 2 aromatic carbocycles. The summed E-state index contributed by atoms with van der Waals surface area (Å²) in [6.07, 6.45) is 1.82. The van der Waals surface area contributed by atoms with E-state index in [0.29, 0.717) is 6.54 Å². The lowest BCUT2D eigenvalue weighted by molar-refractivity contribution is 0.206. The molecule has 6 heteroatoms. The van der Waals surface area contributed by atoms with E-state index < -0.39 is 0 Å². The maximum absolute atomic E-state index is 13.2. The summed E-state index contributed by atoms with van der Waals surface area (Å²) in [6, 6.07) is 15.3. The van der Waals surface area contributed by atoms with Crippen molar-refractivity contribution < 1.29 is 14.3 Å². The Morgan fingerprint density at radius 1 is 1.14 bits per heavy atom. The van der Waals surface area contributed by atoms with Crippen LogP contribution in [0.4, 0.5) is 10.5 Å². The number of fused-ring (bicyclic) bond motifs is 1. The van der Waals surface area contributed by atoms with Crippen molar-refractivity contribution in [2.45, 2.75) is 25.8 Å². The van der Waals surface area contributed by atoms with Gasteiger partial charge in [0.15, 0.2) is 0 Å². The number of methoxy groups -OCH3 is 2. The largest absolute Gasteiger partial charge is 0.497 e. The first-order chi connectivity index (χ1) is 14.1. The van der Waals surface area contributed by atoms with Gasteiger partial charge in [-0.1, -0.05) is 18.2 Å². The smallest absolute Gasteiger partial charge is 0.322 e. The zero-order valence-electron chi connectivity index (χ0n) is 16.9. The van der Waals surface area contributed by atoms with Crippen LogP contribution < -0.4 is 14.8 Å². The number of hydrogen-bond acceptors (Lipinski definition) is 4. The Hall–Kier alpha value is -3.28. The molecular weight excluding hydrogens is 366 g/mol. The number of aromatic nitrogens is 1. The van der Waals surface area contributed by atoms with Gasteiger partial charge in [0, 0.05) is 23.2 Å². The molecule has 1 unspecified atom stereocenters. The second-order valence-corrected chi connectivity index (χ2v) is 7.22. The minimum atomic E-state index is -0.117. The van der Waals surface area contributed by atoms with Gasteiger partial charge >= 0.3 is 6.03 Å². The van der Waals surface area contributed by atoms with Crippen LogP contribution >= 0.6 is 0 Å². The van der Waals surface area contributed by atoms with E-state index in [1.165, 1.54) is 0 Å². The van der Waals surface area contributed by atoms with Crippen molar-refractivity contribution in [1.82, 2.24) is 9.88 Å². The molecule has 3 aromatic rings. The monoisotopic (exact) mass is 391 g/mol. The molecule has 1 aliphatic rings. The number of benzene rings is 2. The Kier molecular flexibility index (Phi) is 5.25. The molecule has 6 nitrogen and oxygen atoms in total. The van der Waals surface area contributed by atoms with E-state index in [9.17, 15) is 4.79 Å². The third kappa shape index (κ3) is 3.70. The van der Waals surface area contributed by atoms with Gasteiger partial charge in [-0.3, -0.25) is 4.98 Å². The summed E-state index contributed by atoms with van der Waals surface area (Å²) in [7, 11) is 3.29. The van der Waals surface area contributed by atoms with E-state index >= 15 is 0 Å². The molecule has 1 aliphatic heterocycles. The van der Waals surface area contributed by atoms with Gasteiger partial charge < -0.3 is 19.7 Å².